The molecule has 0 bridgehead atoms. The van der Waals surface area contributed by atoms with Crippen LogP contribution < -0.4 is 0 Å². The van der Waals surface area contributed by atoms with Crippen molar-refractivity contribution >= 4 is 5.97 Å². The van der Waals surface area contributed by atoms with Crippen LogP contribution in [0.4, 0.5) is 13.5 Å². The summed E-state index contributed by atoms with van der Waals surface area (Å²) in [6.45, 7) is 0. The van der Waals surface area contributed by atoms with Gasteiger partial charge in [-0.25, -0.2) is 4.79 Å². The van der Waals surface area contributed by atoms with Crippen molar-refractivity contribution in [2.45, 2.75) is 6.43 Å². The fourth-order valence-electron chi connectivity index (χ4n) is 0. The Labute approximate surface area is 37.1 Å². The minimum atomic E-state index is -3.23. The van der Waals surface area contributed by atoms with Crippen LogP contribution in [0.3, 0.4) is 0 Å². The first-order valence-electron chi connectivity index (χ1n) is 1.15. The zero-order chi connectivity index (χ0) is 5.15. The molecule has 0 atom stereocenters. The summed E-state index contributed by atoms with van der Waals surface area (Å²) < 4.78 is 21.1. The van der Waals surface area contributed by atoms with E-state index in [1.165, 1.54) is 0 Å². The second kappa shape index (κ2) is 3.45. The van der Waals surface area contributed by atoms with Gasteiger partial charge in [0.1, 0.15) is 0 Å². The molecular formula is C2H3F3O2. The van der Waals surface area contributed by atoms with Gasteiger partial charge in [-0.3, -0.25) is 4.70 Å². The van der Waals surface area contributed by atoms with Crippen LogP contribution in [0.1, 0.15) is 0 Å². The van der Waals surface area contributed by atoms with Crippen molar-refractivity contribution in [1.82, 2.24) is 0 Å². The van der Waals surface area contributed by atoms with Crippen LogP contribution in [0.5, 0.6) is 0 Å². The molecule has 44 valence electrons. The van der Waals surface area contributed by atoms with Crippen LogP contribution in [0.2, 0.25) is 0 Å². The molecule has 0 saturated heterocycles. The number of aliphatic carboxylic acids is 1. The standard InChI is InChI=1S/C2H2F2O2.FH/c3-1(4)2(5)6;/h1H,(H,5,6);1H. The van der Waals surface area contributed by atoms with E-state index in [0.717, 1.165) is 0 Å². The highest BCUT2D eigenvalue weighted by Crippen LogP contribution is 1.87. The van der Waals surface area contributed by atoms with E-state index in [1.54, 1.807) is 0 Å². The van der Waals surface area contributed by atoms with Crippen molar-refractivity contribution in [1.29, 1.82) is 0 Å². The van der Waals surface area contributed by atoms with E-state index in [9.17, 15) is 8.78 Å². The average Bonchev–Trinajstić information content (AvgIpc) is 1.36. The first kappa shape index (κ1) is 9.54. The number of rotatable bonds is 1. The molecule has 0 unspecified atom stereocenters. The first-order valence-corrected chi connectivity index (χ1v) is 1.15. The van der Waals surface area contributed by atoms with Gasteiger partial charge >= 0.3 is 12.4 Å². The smallest absolute Gasteiger partial charge is 0.371 e. The van der Waals surface area contributed by atoms with Crippen LogP contribution in [0, 0.1) is 0 Å². The van der Waals surface area contributed by atoms with E-state index in [0.29, 0.717) is 0 Å². The topological polar surface area (TPSA) is 37.3 Å². The molecule has 0 aliphatic carbocycles. The molecule has 0 rings (SSSR count). The molecule has 1 N–H and O–H groups in total. The first-order chi connectivity index (χ1) is 2.64. The molecule has 5 heteroatoms. The van der Waals surface area contributed by atoms with Crippen molar-refractivity contribution in [3.05, 3.63) is 0 Å². The predicted molar refractivity (Wildman–Crippen MR) is 16.1 cm³/mol. The Morgan fingerprint density at radius 3 is 1.71 bits per heavy atom. The normalized spacial score (nSPS) is 7.86. The zero-order valence-electron chi connectivity index (χ0n) is 3.10. The highest BCUT2D eigenvalue weighted by molar-refractivity contribution is 5.70. The number of carbonyl (C=O) groups is 1. The van der Waals surface area contributed by atoms with Gasteiger partial charge in [-0.1, -0.05) is 0 Å². The summed E-state index contributed by atoms with van der Waals surface area (Å²) >= 11 is 0. The quantitative estimate of drug-likeness (QED) is 0.541. The number of hydrogen-bond donors (Lipinski definition) is 1. The zero-order valence-corrected chi connectivity index (χ0v) is 3.10. The van der Waals surface area contributed by atoms with Gasteiger partial charge in [0.05, 0.1) is 0 Å². The van der Waals surface area contributed by atoms with Crippen LogP contribution >= 0.6 is 0 Å². The van der Waals surface area contributed by atoms with Crippen LogP contribution in [-0.4, -0.2) is 17.5 Å². The number of halogens is 3. The van der Waals surface area contributed by atoms with Crippen molar-refractivity contribution in [3.8, 4) is 0 Å². The lowest BCUT2D eigenvalue weighted by Crippen LogP contribution is -2.06. The monoisotopic (exact) mass is 116 g/mol. The number of carboxylic acids is 1. The number of carboxylic acid groups (broad SMARTS) is 1. The summed E-state index contributed by atoms with van der Waals surface area (Å²) in [4.78, 5) is 8.95. The second-order valence-corrected chi connectivity index (χ2v) is 0.639. The van der Waals surface area contributed by atoms with E-state index >= 15 is 0 Å². The largest absolute Gasteiger partial charge is 0.477 e. The predicted octanol–water partition coefficient (Wildman–Crippen LogP) is 0.489. The molecule has 0 aliphatic rings. The molecule has 0 spiro atoms. The maximum atomic E-state index is 10.6. The maximum Gasteiger partial charge on any atom is 0.371 e. The lowest BCUT2D eigenvalue weighted by Gasteiger charge is -1.81. The Bertz CT molecular complexity index is 62.0. The number of hydrogen-bond acceptors (Lipinski definition) is 1. The van der Waals surface area contributed by atoms with Gasteiger partial charge in [0.2, 0.25) is 0 Å². The average molecular weight is 116 g/mol. The Hall–Kier alpha value is -0.740. The van der Waals surface area contributed by atoms with Crippen molar-refractivity contribution < 1.29 is 23.4 Å². The third-order valence-corrected chi connectivity index (χ3v) is 0.187. The molecule has 2 nitrogen and oxygen atoms in total. The number of alkyl halides is 2. The van der Waals surface area contributed by atoms with Crippen LogP contribution in [0.15, 0.2) is 0 Å². The molecule has 0 amide bonds. The van der Waals surface area contributed by atoms with Gasteiger partial charge in [0.15, 0.2) is 0 Å². The lowest BCUT2D eigenvalue weighted by molar-refractivity contribution is -0.149. The molecule has 0 fully saturated rings. The Kier molecular flexibility index (Phi) is 4.70. The minimum Gasteiger partial charge on any atom is -0.477 e. The lowest BCUT2D eigenvalue weighted by atomic mass is 10.7. The van der Waals surface area contributed by atoms with Gasteiger partial charge in [0, 0.05) is 0 Å². The summed E-state index contributed by atoms with van der Waals surface area (Å²) in [5, 5.41) is 7.24. The SMILES string of the molecule is F.O=C(O)C(F)F. The summed E-state index contributed by atoms with van der Waals surface area (Å²) in [6.07, 6.45) is -3.23. The van der Waals surface area contributed by atoms with E-state index in [2.05, 4.69) is 0 Å². The highest BCUT2D eigenvalue weighted by atomic mass is 19.3. The van der Waals surface area contributed by atoms with Gasteiger partial charge in [-0.05, 0) is 0 Å². The Morgan fingerprint density at radius 2 is 1.71 bits per heavy atom. The second-order valence-electron chi connectivity index (χ2n) is 0.639. The Balaban J connectivity index is 0. The molecule has 0 aromatic carbocycles. The molecular weight excluding hydrogens is 113 g/mol. The van der Waals surface area contributed by atoms with E-state index < -0.39 is 12.4 Å². The summed E-state index contributed by atoms with van der Waals surface area (Å²) in [5.41, 5.74) is 0. The molecule has 7 heavy (non-hydrogen) atoms. The van der Waals surface area contributed by atoms with Gasteiger partial charge in [-0.15, -0.1) is 0 Å². The summed E-state index contributed by atoms with van der Waals surface area (Å²) in [6, 6.07) is 0. The fraction of sp³-hybridized carbons (Fsp3) is 0.500. The molecule has 0 aromatic rings. The highest BCUT2D eigenvalue weighted by Gasteiger charge is 2.10. The van der Waals surface area contributed by atoms with Gasteiger partial charge < -0.3 is 5.11 Å². The van der Waals surface area contributed by atoms with Crippen molar-refractivity contribution in [2.75, 3.05) is 0 Å². The molecule has 0 aromatic heterocycles. The van der Waals surface area contributed by atoms with Gasteiger partial charge in [0.25, 0.3) is 0 Å². The van der Waals surface area contributed by atoms with Crippen molar-refractivity contribution in [2.24, 2.45) is 0 Å². The van der Waals surface area contributed by atoms with Crippen LogP contribution in [-0.2, 0) is 4.79 Å². The van der Waals surface area contributed by atoms with Crippen molar-refractivity contribution in [3.63, 3.8) is 0 Å². The van der Waals surface area contributed by atoms with E-state index in [4.69, 9.17) is 9.90 Å². The molecule has 0 saturated carbocycles. The minimum absolute atomic E-state index is 0. The Morgan fingerprint density at radius 1 is 1.57 bits per heavy atom. The van der Waals surface area contributed by atoms with E-state index in [-0.39, 0.29) is 4.70 Å². The maximum absolute atomic E-state index is 10.6. The van der Waals surface area contributed by atoms with Gasteiger partial charge in [-0.2, -0.15) is 8.78 Å². The van der Waals surface area contributed by atoms with Crippen LogP contribution in [0.25, 0.3) is 0 Å². The molecule has 0 radical (unpaired) electrons. The van der Waals surface area contributed by atoms with E-state index in [1.807, 2.05) is 0 Å². The third kappa shape index (κ3) is 5.26. The molecule has 0 aliphatic heterocycles. The molecule has 0 heterocycles. The fourth-order valence-corrected chi connectivity index (χ4v) is 0. The summed E-state index contributed by atoms with van der Waals surface area (Å²) in [7, 11) is 0. The third-order valence-electron chi connectivity index (χ3n) is 0.187. The summed E-state index contributed by atoms with van der Waals surface area (Å²) in [5.74, 6) is -2.07.